The molecule has 2 N–H and O–H groups in total. The number of likely N-dealkylation sites (tertiary alicyclic amines) is 2. The van der Waals surface area contributed by atoms with E-state index in [0.717, 1.165) is 79.6 Å². The number of rotatable bonds is 9. The number of nitrogens with zero attached hydrogens (tertiary/aromatic N) is 6. The number of piperidine rings is 2. The molecule has 3 aromatic rings. The summed E-state index contributed by atoms with van der Waals surface area (Å²) in [5.41, 5.74) is 1.74. The number of aromatic nitrogens is 3. The molecule has 3 saturated heterocycles. The highest BCUT2D eigenvalue weighted by atomic mass is 32.2. The molecule has 3 aliphatic heterocycles. The summed E-state index contributed by atoms with van der Waals surface area (Å²) in [5.74, 6) is 2.00. The minimum atomic E-state index is -0.384. The molecule has 14 heteroatoms. The second kappa shape index (κ2) is 14.2. The van der Waals surface area contributed by atoms with Crippen molar-refractivity contribution < 1.29 is 18.8 Å². The van der Waals surface area contributed by atoms with Gasteiger partial charge in [-0.15, -0.1) is 11.8 Å². The summed E-state index contributed by atoms with van der Waals surface area (Å²) in [7, 11) is 0. The Hall–Kier alpha value is -3.33. The van der Waals surface area contributed by atoms with Crippen molar-refractivity contribution in [1.82, 2.24) is 30.1 Å². The number of thioether (sulfide) groups is 1. The van der Waals surface area contributed by atoms with Gasteiger partial charge < -0.3 is 14.6 Å². The average molecular weight is 667 g/mol. The smallest absolute Gasteiger partial charge is 0.328 e. The molecule has 0 bridgehead atoms. The van der Waals surface area contributed by atoms with E-state index in [-0.39, 0.29) is 29.2 Å². The lowest BCUT2D eigenvalue weighted by Crippen LogP contribution is -2.50. The predicted octanol–water partition coefficient (Wildman–Crippen LogP) is 4.88. The van der Waals surface area contributed by atoms with Crippen LogP contribution in [0.3, 0.4) is 0 Å². The molecule has 0 spiro atoms. The third-order valence-corrected chi connectivity index (χ3v) is 11.0. The second-order valence-electron chi connectivity index (χ2n) is 13.2. The molecule has 46 heavy (non-hydrogen) atoms. The van der Waals surface area contributed by atoms with Gasteiger partial charge >= 0.3 is 6.03 Å². The standard InChI is InChI=1S/C32H42N8O4S2/c1-32(2,3)25-17-34-27(44-25)20-45-28-18-35-30(46-28)37-29(42)21-5-13-39(14-6-21)23-7-11-38(12-8-23)19-22-4-10-33-16-24(22)40-15-9-26(41)36-31(40)43/h4,10,16-18,21,23H,5-9,11-15,19-20H2,1-3H3,(H,35,37,42)(H,36,41,43). The van der Waals surface area contributed by atoms with Gasteiger partial charge in [0.05, 0.1) is 34.2 Å². The zero-order chi connectivity index (χ0) is 32.3. The monoisotopic (exact) mass is 666 g/mol. The Balaban J connectivity index is 0.924. The first kappa shape index (κ1) is 32.6. The maximum absolute atomic E-state index is 13.1. The van der Waals surface area contributed by atoms with E-state index < -0.39 is 0 Å². The van der Waals surface area contributed by atoms with Gasteiger partial charge in [0.15, 0.2) is 5.13 Å². The molecule has 4 amide bonds. The van der Waals surface area contributed by atoms with Crippen LogP contribution in [0.5, 0.6) is 0 Å². The Morgan fingerprint density at radius 3 is 2.57 bits per heavy atom. The molecule has 3 aromatic heterocycles. The van der Waals surface area contributed by atoms with Crippen LogP contribution in [0.4, 0.5) is 15.6 Å². The van der Waals surface area contributed by atoms with E-state index in [2.05, 4.69) is 56.2 Å². The number of oxazole rings is 1. The lowest BCUT2D eigenvalue weighted by Gasteiger charge is -2.41. The number of hydrogen-bond acceptors (Lipinski definition) is 11. The number of urea groups is 1. The number of anilines is 2. The molecule has 6 heterocycles. The van der Waals surface area contributed by atoms with Crippen LogP contribution in [0.2, 0.25) is 0 Å². The molecule has 0 aliphatic carbocycles. The van der Waals surface area contributed by atoms with Gasteiger partial charge in [-0.3, -0.25) is 29.7 Å². The summed E-state index contributed by atoms with van der Waals surface area (Å²) in [5, 5.41) is 6.09. The van der Waals surface area contributed by atoms with Crippen molar-refractivity contribution >= 4 is 51.8 Å². The highest BCUT2D eigenvalue weighted by molar-refractivity contribution is 8.00. The number of nitrogens with one attached hydrogen (secondary N) is 2. The average Bonchev–Trinajstić information content (AvgIpc) is 3.71. The first-order valence-electron chi connectivity index (χ1n) is 16.0. The maximum Gasteiger partial charge on any atom is 0.328 e. The van der Waals surface area contributed by atoms with Gasteiger partial charge in [0.2, 0.25) is 17.7 Å². The summed E-state index contributed by atoms with van der Waals surface area (Å²) in [6.45, 7) is 11.2. The van der Waals surface area contributed by atoms with Gasteiger partial charge in [0.25, 0.3) is 0 Å². The van der Waals surface area contributed by atoms with Crippen molar-refractivity contribution in [2.45, 2.75) is 80.8 Å². The number of hydrogen-bond donors (Lipinski definition) is 2. The summed E-state index contributed by atoms with van der Waals surface area (Å²) in [6.07, 6.45) is 11.2. The molecule has 3 aliphatic rings. The van der Waals surface area contributed by atoms with E-state index in [4.69, 9.17) is 4.42 Å². The fourth-order valence-electron chi connectivity index (χ4n) is 6.24. The summed E-state index contributed by atoms with van der Waals surface area (Å²) >= 11 is 3.10. The van der Waals surface area contributed by atoms with Crippen molar-refractivity contribution in [3.8, 4) is 0 Å². The fraction of sp³-hybridized carbons (Fsp3) is 0.562. The number of carbonyl (C=O) groups is 3. The molecule has 246 valence electrons. The molecule has 0 radical (unpaired) electrons. The Kier molecular flexibility index (Phi) is 10.1. The molecule has 3 fully saturated rings. The zero-order valence-corrected chi connectivity index (χ0v) is 28.3. The van der Waals surface area contributed by atoms with Crippen molar-refractivity contribution in [3.05, 3.63) is 48.1 Å². The highest BCUT2D eigenvalue weighted by Gasteiger charge is 2.32. The van der Waals surface area contributed by atoms with Gasteiger partial charge in [0.1, 0.15) is 5.76 Å². The van der Waals surface area contributed by atoms with Crippen molar-refractivity contribution in [1.29, 1.82) is 0 Å². The molecule has 0 atom stereocenters. The van der Waals surface area contributed by atoms with Crippen LogP contribution in [-0.4, -0.2) is 81.4 Å². The number of carbonyl (C=O) groups excluding carboxylic acids is 3. The molecular formula is C32H42N8O4S2. The number of pyridine rings is 1. The fourth-order valence-corrected chi connectivity index (χ4v) is 7.97. The first-order chi connectivity index (χ1) is 22.1. The first-order valence-corrected chi connectivity index (χ1v) is 17.8. The third-order valence-electron chi connectivity index (χ3n) is 8.95. The normalized spacial score (nSPS) is 19.4. The van der Waals surface area contributed by atoms with Gasteiger partial charge in [-0.05, 0) is 63.5 Å². The van der Waals surface area contributed by atoms with E-state index in [1.807, 2.05) is 6.07 Å². The van der Waals surface area contributed by atoms with Crippen LogP contribution in [0.25, 0.3) is 0 Å². The minimum absolute atomic E-state index is 0.00753. The SMILES string of the molecule is CC(C)(C)c1cnc(CSc2cnc(NC(=O)C3CCN(C4CCN(Cc5ccncc5N5CCC(=O)NC5=O)CC4)CC3)s2)o1. The molecule has 0 unspecified atom stereocenters. The molecule has 0 aromatic carbocycles. The molecular weight excluding hydrogens is 625 g/mol. The highest BCUT2D eigenvalue weighted by Crippen LogP contribution is 2.33. The minimum Gasteiger partial charge on any atom is -0.444 e. The van der Waals surface area contributed by atoms with Gasteiger partial charge in [-0.25, -0.2) is 14.8 Å². The van der Waals surface area contributed by atoms with E-state index in [9.17, 15) is 14.4 Å². The molecule has 12 nitrogen and oxygen atoms in total. The molecule has 0 saturated carbocycles. The quantitative estimate of drug-likeness (QED) is 0.304. The zero-order valence-electron chi connectivity index (χ0n) is 26.7. The van der Waals surface area contributed by atoms with Crippen molar-refractivity contribution in [2.24, 2.45) is 5.92 Å². The molecule has 6 rings (SSSR count). The topological polar surface area (TPSA) is 137 Å². The Morgan fingerprint density at radius 1 is 1.07 bits per heavy atom. The van der Waals surface area contributed by atoms with Crippen LogP contribution in [0.1, 0.15) is 70.1 Å². The Labute approximate surface area is 277 Å². The second-order valence-corrected chi connectivity index (χ2v) is 15.5. The van der Waals surface area contributed by atoms with Crippen LogP contribution in [-0.2, 0) is 27.3 Å². The Morgan fingerprint density at radius 2 is 1.85 bits per heavy atom. The van der Waals surface area contributed by atoms with E-state index >= 15 is 0 Å². The largest absolute Gasteiger partial charge is 0.444 e. The number of imide groups is 1. The summed E-state index contributed by atoms with van der Waals surface area (Å²) in [4.78, 5) is 56.8. The van der Waals surface area contributed by atoms with Crippen LogP contribution in [0, 0.1) is 5.92 Å². The predicted molar refractivity (Wildman–Crippen MR) is 178 cm³/mol. The van der Waals surface area contributed by atoms with Gasteiger partial charge in [-0.2, -0.15) is 0 Å². The third kappa shape index (κ3) is 7.96. The van der Waals surface area contributed by atoms with Crippen LogP contribution in [0.15, 0.2) is 39.5 Å². The van der Waals surface area contributed by atoms with Crippen LogP contribution >= 0.6 is 23.1 Å². The number of amides is 4. The van der Waals surface area contributed by atoms with E-state index in [1.165, 1.54) is 11.3 Å². The van der Waals surface area contributed by atoms with Crippen molar-refractivity contribution in [3.63, 3.8) is 0 Å². The van der Waals surface area contributed by atoms with Crippen LogP contribution < -0.4 is 15.5 Å². The summed E-state index contributed by atoms with van der Waals surface area (Å²) < 4.78 is 6.90. The number of thiazole rings is 1. The maximum atomic E-state index is 13.1. The van der Waals surface area contributed by atoms with E-state index in [1.54, 1.807) is 41.4 Å². The van der Waals surface area contributed by atoms with Crippen molar-refractivity contribution in [2.75, 3.05) is 42.9 Å². The van der Waals surface area contributed by atoms with Gasteiger partial charge in [0, 0.05) is 43.1 Å². The summed E-state index contributed by atoms with van der Waals surface area (Å²) in [6, 6.07) is 2.09. The Bertz CT molecular complexity index is 1540. The lowest BCUT2D eigenvalue weighted by atomic mass is 9.92. The van der Waals surface area contributed by atoms with E-state index in [0.29, 0.717) is 35.8 Å². The lowest BCUT2D eigenvalue weighted by molar-refractivity contribution is -0.122. The van der Waals surface area contributed by atoms with Gasteiger partial charge in [-0.1, -0.05) is 32.1 Å².